The summed E-state index contributed by atoms with van der Waals surface area (Å²) < 4.78 is 5.39. The molecule has 2 aromatic heterocycles. The molecule has 0 aliphatic carbocycles. The summed E-state index contributed by atoms with van der Waals surface area (Å²) in [4.78, 5) is 9.06. The second-order valence-corrected chi connectivity index (χ2v) is 4.86. The Balaban J connectivity index is 2.11. The van der Waals surface area contributed by atoms with Crippen molar-refractivity contribution in [3.8, 4) is 28.4 Å². The Morgan fingerprint density at radius 2 is 1.62 bits per heavy atom. The van der Waals surface area contributed by atoms with Crippen LogP contribution in [0.1, 0.15) is 5.56 Å². The van der Waals surface area contributed by atoms with Gasteiger partial charge >= 0.3 is 0 Å². The Hall–Kier alpha value is -2.68. The maximum Gasteiger partial charge on any atom is 0.123 e. The summed E-state index contributed by atoms with van der Waals surface area (Å²) in [7, 11) is 1.66. The van der Waals surface area contributed by atoms with E-state index >= 15 is 0 Å². The number of benzene rings is 1. The summed E-state index contributed by atoms with van der Waals surface area (Å²) in [6.07, 6.45) is 1.77. The highest BCUT2D eigenvalue weighted by molar-refractivity contribution is 5.67. The molecule has 0 atom stereocenters. The van der Waals surface area contributed by atoms with Crippen LogP contribution >= 0.6 is 0 Å². The lowest BCUT2D eigenvalue weighted by Crippen LogP contribution is -1.93. The van der Waals surface area contributed by atoms with Gasteiger partial charge in [0.2, 0.25) is 0 Å². The van der Waals surface area contributed by atoms with Gasteiger partial charge in [0.1, 0.15) is 5.75 Å². The number of nitrogens with zero attached hydrogens (tertiary/aromatic N) is 2. The highest BCUT2D eigenvalue weighted by atomic mass is 16.5. The fraction of sp³-hybridized carbons (Fsp3) is 0.111. The van der Waals surface area contributed by atoms with Crippen LogP contribution in [0.15, 0.2) is 60.8 Å². The van der Waals surface area contributed by atoms with E-state index in [1.54, 1.807) is 13.3 Å². The summed E-state index contributed by atoms with van der Waals surface area (Å²) in [5.74, 6) is 0.779. The normalized spacial score (nSPS) is 10.4. The molecule has 104 valence electrons. The molecule has 0 saturated carbocycles. The molecule has 0 aliphatic rings. The Morgan fingerprint density at radius 3 is 2.29 bits per heavy atom. The lowest BCUT2D eigenvalue weighted by Gasteiger charge is -2.08. The molecule has 21 heavy (non-hydrogen) atoms. The standard InChI is InChI=1S/C18H16N2O/c1-13-6-8-14(9-7-13)17-11-15(21-2)12-18(20-17)16-5-3-4-10-19-16/h3-12H,1-2H3. The second kappa shape index (κ2) is 5.75. The van der Waals surface area contributed by atoms with Crippen LogP contribution in [0.2, 0.25) is 0 Å². The molecule has 0 amide bonds. The molecule has 0 radical (unpaired) electrons. The first-order valence-electron chi connectivity index (χ1n) is 6.81. The molecule has 0 spiro atoms. The van der Waals surface area contributed by atoms with Gasteiger partial charge in [-0.25, -0.2) is 4.98 Å². The van der Waals surface area contributed by atoms with Crippen molar-refractivity contribution in [3.05, 3.63) is 66.4 Å². The van der Waals surface area contributed by atoms with Crippen LogP contribution in [0.25, 0.3) is 22.6 Å². The van der Waals surface area contributed by atoms with Gasteiger partial charge < -0.3 is 4.74 Å². The van der Waals surface area contributed by atoms with Crippen molar-refractivity contribution >= 4 is 0 Å². The van der Waals surface area contributed by atoms with E-state index in [0.29, 0.717) is 0 Å². The van der Waals surface area contributed by atoms with Crippen molar-refractivity contribution in [2.24, 2.45) is 0 Å². The van der Waals surface area contributed by atoms with Crippen molar-refractivity contribution in [1.82, 2.24) is 9.97 Å². The van der Waals surface area contributed by atoms with E-state index < -0.39 is 0 Å². The summed E-state index contributed by atoms with van der Waals surface area (Å²) >= 11 is 0. The van der Waals surface area contributed by atoms with Crippen LogP contribution in [0.3, 0.4) is 0 Å². The van der Waals surface area contributed by atoms with Gasteiger partial charge in [-0.05, 0) is 19.1 Å². The van der Waals surface area contributed by atoms with E-state index in [9.17, 15) is 0 Å². The van der Waals surface area contributed by atoms with E-state index in [1.165, 1.54) is 5.56 Å². The van der Waals surface area contributed by atoms with Crippen molar-refractivity contribution in [3.63, 3.8) is 0 Å². The van der Waals surface area contributed by atoms with Crippen molar-refractivity contribution < 1.29 is 4.74 Å². The van der Waals surface area contributed by atoms with Gasteiger partial charge in [-0.15, -0.1) is 0 Å². The third-order valence-corrected chi connectivity index (χ3v) is 3.31. The number of ether oxygens (including phenoxy) is 1. The average Bonchev–Trinajstić information content (AvgIpc) is 2.56. The Bertz CT molecular complexity index is 737. The molecule has 3 heteroatoms. The monoisotopic (exact) mass is 276 g/mol. The fourth-order valence-electron chi connectivity index (χ4n) is 2.14. The maximum absolute atomic E-state index is 5.39. The zero-order chi connectivity index (χ0) is 14.7. The molecule has 0 saturated heterocycles. The highest BCUT2D eigenvalue weighted by Crippen LogP contribution is 2.27. The highest BCUT2D eigenvalue weighted by Gasteiger charge is 2.08. The van der Waals surface area contributed by atoms with Crippen LogP contribution < -0.4 is 4.74 Å². The summed E-state index contributed by atoms with van der Waals surface area (Å²) in [5, 5.41) is 0. The largest absolute Gasteiger partial charge is 0.497 e. The van der Waals surface area contributed by atoms with E-state index in [-0.39, 0.29) is 0 Å². The first-order valence-corrected chi connectivity index (χ1v) is 6.81. The lowest BCUT2D eigenvalue weighted by atomic mass is 10.1. The van der Waals surface area contributed by atoms with E-state index in [2.05, 4.69) is 36.2 Å². The maximum atomic E-state index is 5.39. The molecule has 1 aromatic carbocycles. The molecule has 0 fully saturated rings. The molecule has 3 nitrogen and oxygen atoms in total. The Kier molecular flexibility index (Phi) is 3.65. The minimum absolute atomic E-state index is 0.779. The molecule has 3 aromatic rings. The van der Waals surface area contributed by atoms with Crippen molar-refractivity contribution in [1.29, 1.82) is 0 Å². The van der Waals surface area contributed by atoms with Crippen molar-refractivity contribution in [2.75, 3.05) is 7.11 Å². The molecule has 3 rings (SSSR count). The third kappa shape index (κ3) is 2.92. The average molecular weight is 276 g/mol. The number of hydrogen-bond acceptors (Lipinski definition) is 3. The van der Waals surface area contributed by atoms with Crippen LogP contribution in [-0.4, -0.2) is 17.1 Å². The number of hydrogen-bond donors (Lipinski definition) is 0. The molecular weight excluding hydrogens is 260 g/mol. The van der Waals surface area contributed by atoms with E-state index in [0.717, 1.165) is 28.4 Å². The van der Waals surface area contributed by atoms with Crippen LogP contribution in [-0.2, 0) is 0 Å². The second-order valence-electron chi connectivity index (χ2n) is 4.86. The fourth-order valence-corrected chi connectivity index (χ4v) is 2.14. The third-order valence-electron chi connectivity index (χ3n) is 3.31. The molecule has 0 aliphatic heterocycles. The van der Waals surface area contributed by atoms with Gasteiger partial charge in [0.25, 0.3) is 0 Å². The first kappa shape index (κ1) is 13.3. The number of rotatable bonds is 3. The number of methoxy groups -OCH3 is 1. The van der Waals surface area contributed by atoms with Gasteiger partial charge in [-0.3, -0.25) is 4.98 Å². The predicted molar refractivity (Wildman–Crippen MR) is 84.2 cm³/mol. The van der Waals surface area contributed by atoms with Gasteiger partial charge in [0.15, 0.2) is 0 Å². The van der Waals surface area contributed by atoms with Gasteiger partial charge in [-0.1, -0.05) is 35.9 Å². The molecule has 0 bridgehead atoms. The quantitative estimate of drug-likeness (QED) is 0.721. The van der Waals surface area contributed by atoms with E-state index in [1.807, 2.05) is 30.3 Å². The van der Waals surface area contributed by atoms with Gasteiger partial charge in [0.05, 0.1) is 24.2 Å². The minimum Gasteiger partial charge on any atom is -0.497 e. The minimum atomic E-state index is 0.779. The molecular formula is C18H16N2O. The molecule has 0 N–H and O–H groups in total. The first-order chi connectivity index (χ1) is 10.3. The van der Waals surface area contributed by atoms with Gasteiger partial charge in [-0.2, -0.15) is 0 Å². The Labute approximate surface area is 124 Å². The van der Waals surface area contributed by atoms with Gasteiger partial charge in [0, 0.05) is 23.9 Å². The zero-order valence-corrected chi connectivity index (χ0v) is 12.1. The number of aromatic nitrogens is 2. The van der Waals surface area contributed by atoms with E-state index in [4.69, 9.17) is 9.72 Å². The smallest absolute Gasteiger partial charge is 0.123 e. The molecule has 2 heterocycles. The van der Waals surface area contributed by atoms with Crippen LogP contribution in [0.4, 0.5) is 0 Å². The number of aryl methyl sites for hydroxylation is 1. The lowest BCUT2D eigenvalue weighted by molar-refractivity contribution is 0.414. The summed E-state index contributed by atoms with van der Waals surface area (Å²) in [6, 6.07) is 17.9. The SMILES string of the molecule is COc1cc(-c2ccc(C)cc2)nc(-c2ccccn2)c1. The predicted octanol–water partition coefficient (Wildman–Crippen LogP) is 4.13. The number of pyridine rings is 2. The summed E-state index contributed by atoms with van der Waals surface area (Å²) in [5.41, 5.74) is 4.83. The Morgan fingerprint density at radius 1 is 0.857 bits per heavy atom. The van der Waals surface area contributed by atoms with Crippen molar-refractivity contribution in [2.45, 2.75) is 6.92 Å². The zero-order valence-electron chi connectivity index (χ0n) is 12.1. The summed E-state index contributed by atoms with van der Waals surface area (Å²) in [6.45, 7) is 2.07. The van der Waals surface area contributed by atoms with Crippen LogP contribution in [0, 0.1) is 6.92 Å². The molecule has 0 unspecified atom stereocenters. The van der Waals surface area contributed by atoms with Crippen LogP contribution in [0.5, 0.6) is 5.75 Å². The topological polar surface area (TPSA) is 35.0 Å².